The van der Waals surface area contributed by atoms with Crippen molar-refractivity contribution in [1.82, 2.24) is 10.4 Å². The van der Waals surface area contributed by atoms with Crippen LogP contribution in [0, 0.1) is 0 Å². The summed E-state index contributed by atoms with van der Waals surface area (Å²) >= 11 is 0. The lowest BCUT2D eigenvalue weighted by molar-refractivity contribution is 0.0955. The Morgan fingerprint density at radius 2 is 1.95 bits per heavy atom. The van der Waals surface area contributed by atoms with E-state index in [4.69, 9.17) is 4.42 Å². The Morgan fingerprint density at radius 3 is 2.77 bits per heavy atom. The summed E-state index contributed by atoms with van der Waals surface area (Å²) in [6, 6.07) is 10.1. The van der Waals surface area contributed by atoms with Gasteiger partial charge in [0, 0.05) is 18.0 Å². The molecule has 6 nitrogen and oxygen atoms in total. The maximum absolute atomic E-state index is 12.2. The lowest BCUT2D eigenvalue weighted by atomic mass is 10.2. The number of nitrogens with one attached hydrogen (secondary N) is 1. The minimum absolute atomic E-state index is 0.205. The van der Waals surface area contributed by atoms with Gasteiger partial charge < -0.3 is 4.42 Å². The summed E-state index contributed by atoms with van der Waals surface area (Å²) < 4.78 is 5.35. The molecule has 2 aromatic heterocycles. The number of carbonyl (C=O) groups is 1. The van der Waals surface area contributed by atoms with Crippen molar-refractivity contribution in [2.24, 2.45) is 5.10 Å². The molecule has 0 aliphatic carbocycles. The number of hydrazone groups is 1. The van der Waals surface area contributed by atoms with Gasteiger partial charge in [-0.1, -0.05) is 12.1 Å². The number of para-hydroxylation sites is 1. The van der Waals surface area contributed by atoms with Crippen molar-refractivity contribution in [1.29, 1.82) is 0 Å². The van der Waals surface area contributed by atoms with Crippen LogP contribution in [0.5, 0.6) is 0 Å². The van der Waals surface area contributed by atoms with E-state index < -0.39 is 0 Å². The second-order valence-corrected chi connectivity index (χ2v) is 4.45. The van der Waals surface area contributed by atoms with Gasteiger partial charge in [-0.05, 0) is 24.3 Å². The highest BCUT2D eigenvalue weighted by atomic mass is 16.3. The van der Waals surface area contributed by atoms with E-state index in [1.54, 1.807) is 36.4 Å². The second-order valence-electron chi connectivity index (χ2n) is 4.45. The topological polar surface area (TPSA) is 84.6 Å². The maximum atomic E-state index is 12.2. The van der Waals surface area contributed by atoms with Crippen molar-refractivity contribution in [3.8, 4) is 0 Å². The Kier molecular flexibility index (Phi) is 3.74. The molecule has 3 aromatic rings. The van der Waals surface area contributed by atoms with Gasteiger partial charge in [-0.2, -0.15) is 5.10 Å². The van der Waals surface area contributed by atoms with Crippen LogP contribution in [-0.4, -0.2) is 17.1 Å². The molecular formula is C16H11N3O3. The van der Waals surface area contributed by atoms with E-state index in [-0.39, 0.29) is 16.9 Å². The summed E-state index contributed by atoms with van der Waals surface area (Å²) in [6.45, 7) is 0. The third kappa shape index (κ3) is 2.76. The maximum Gasteiger partial charge on any atom is 0.271 e. The van der Waals surface area contributed by atoms with Crippen LogP contribution in [0.2, 0.25) is 0 Å². The van der Waals surface area contributed by atoms with Gasteiger partial charge in [0.15, 0.2) is 0 Å². The number of fused-ring (bicyclic) bond motifs is 1. The number of benzene rings is 1. The summed E-state index contributed by atoms with van der Waals surface area (Å²) in [7, 11) is 0. The zero-order chi connectivity index (χ0) is 15.4. The molecule has 0 aliphatic heterocycles. The Hall–Kier alpha value is -3.28. The van der Waals surface area contributed by atoms with Crippen LogP contribution in [0.1, 0.15) is 15.9 Å². The number of nitrogens with zero attached hydrogens (tertiary/aromatic N) is 2. The fourth-order valence-corrected chi connectivity index (χ4v) is 1.91. The predicted molar refractivity (Wildman–Crippen MR) is 81.8 cm³/mol. The van der Waals surface area contributed by atoms with Gasteiger partial charge in [-0.3, -0.25) is 14.6 Å². The van der Waals surface area contributed by atoms with E-state index in [9.17, 15) is 9.59 Å². The lowest BCUT2D eigenvalue weighted by Gasteiger charge is -1.99. The van der Waals surface area contributed by atoms with Gasteiger partial charge in [0.2, 0.25) is 5.43 Å². The lowest BCUT2D eigenvalue weighted by Crippen LogP contribution is -2.18. The highest BCUT2D eigenvalue weighted by Gasteiger charge is 2.05. The SMILES string of the molecule is O=C(N/N=C/c1coc2ccccc2c1=O)c1ccncc1. The van der Waals surface area contributed by atoms with Crippen LogP contribution in [-0.2, 0) is 0 Å². The fraction of sp³-hybridized carbons (Fsp3) is 0. The van der Waals surface area contributed by atoms with Crippen molar-refractivity contribution < 1.29 is 9.21 Å². The molecule has 1 amide bonds. The van der Waals surface area contributed by atoms with Crippen LogP contribution >= 0.6 is 0 Å². The molecule has 0 spiro atoms. The molecule has 3 rings (SSSR count). The molecule has 0 radical (unpaired) electrons. The molecule has 0 unspecified atom stereocenters. The Bertz CT molecular complexity index is 901. The largest absolute Gasteiger partial charge is 0.463 e. The fourth-order valence-electron chi connectivity index (χ4n) is 1.91. The number of hydrogen-bond donors (Lipinski definition) is 1. The molecule has 108 valence electrons. The highest BCUT2D eigenvalue weighted by Crippen LogP contribution is 2.09. The summed E-state index contributed by atoms with van der Waals surface area (Å²) in [5.41, 5.74) is 3.33. The van der Waals surface area contributed by atoms with E-state index in [1.807, 2.05) is 0 Å². The molecule has 1 N–H and O–H groups in total. The molecule has 22 heavy (non-hydrogen) atoms. The van der Waals surface area contributed by atoms with E-state index >= 15 is 0 Å². The molecule has 2 heterocycles. The third-order valence-electron chi connectivity index (χ3n) is 3.02. The molecule has 0 aliphatic rings. The van der Waals surface area contributed by atoms with Crippen LogP contribution in [0.4, 0.5) is 0 Å². The van der Waals surface area contributed by atoms with E-state index in [2.05, 4.69) is 15.5 Å². The summed E-state index contributed by atoms with van der Waals surface area (Å²) in [5.74, 6) is -0.385. The van der Waals surface area contributed by atoms with E-state index in [0.29, 0.717) is 16.5 Å². The molecule has 0 fully saturated rings. The van der Waals surface area contributed by atoms with Crippen LogP contribution in [0.25, 0.3) is 11.0 Å². The number of hydrogen-bond acceptors (Lipinski definition) is 5. The molecule has 0 bridgehead atoms. The molecule has 1 aromatic carbocycles. The average Bonchev–Trinajstić information content (AvgIpc) is 2.58. The van der Waals surface area contributed by atoms with E-state index in [1.165, 1.54) is 24.9 Å². The molecule has 0 atom stereocenters. The smallest absolute Gasteiger partial charge is 0.271 e. The Balaban J connectivity index is 1.80. The van der Waals surface area contributed by atoms with Crippen molar-refractivity contribution in [3.05, 3.63) is 76.4 Å². The molecular weight excluding hydrogens is 282 g/mol. The third-order valence-corrected chi connectivity index (χ3v) is 3.02. The average molecular weight is 293 g/mol. The summed E-state index contributed by atoms with van der Waals surface area (Å²) in [4.78, 5) is 27.8. The Morgan fingerprint density at radius 1 is 1.18 bits per heavy atom. The van der Waals surface area contributed by atoms with Gasteiger partial charge in [0.1, 0.15) is 11.8 Å². The van der Waals surface area contributed by atoms with Crippen molar-refractivity contribution >= 4 is 23.1 Å². The minimum atomic E-state index is -0.385. The predicted octanol–water partition coefficient (Wildman–Crippen LogP) is 1.95. The summed E-state index contributed by atoms with van der Waals surface area (Å²) in [5, 5.41) is 4.25. The number of pyridine rings is 1. The quantitative estimate of drug-likeness (QED) is 0.591. The van der Waals surface area contributed by atoms with Gasteiger partial charge in [-0.15, -0.1) is 0 Å². The normalized spacial score (nSPS) is 10.9. The number of rotatable bonds is 3. The van der Waals surface area contributed by atoms with Crippen LogP contribution in [0.3, 0.4) is 0 Å². The Labute approximate surface area is 125 Å². The zero-order valence-corrected chi connectivity index (χ0v) is 11.4. The van der Waals surface area contributed by atoms with Gasteiger partial charge in [-0.25, -0.2) is 5.43 Å². The standard InChI is InChI=1S/C16H11N3O3/c20-15-12(10-22-14-4-2-1-3-13(14)15)9-18-19-16(21)11-5-7-17-8-6-11/h1-10H,(H,19,21)/b18-9+. The highest BCUT2D eigenvalue weighted by molar-refractivity contribution is 5.95. The van der Waals surface area contributed by atoms with E-state index in [0.717, 1.165) is 0 Å². The van der Waals surface area contributed by atoms with Crippen molar-refractivity contribution in [3.63, 3.8) is 0 Å². The second kappa shape index (κ2) is 6.01. The van der Waals surface area contributed by atoms with Crippen molar-refractivity contribution in [2.75, 3.05) is 0 Å². The first kappa shape index (κ1) is 13.7. The monoisotopic (exact) mass is 293 g/mol. The minimum Gasteiger partial charge on any atom is -0.463 e. The first-order valence-electron chi connectivity index (χ1n) is 6.49. The van der Waals surface area contributed by atoms with Gasteiger partial charge >= 0.3 is 0 Å². The summed E-state index contributed by atoms with van der Waals surface area (Å²) in [6.07, 6.45) is 5.59. The zero-order valence-electron chi connectivity index (χ0n) is 11.4. The van der Waals surface area contributed by atoms with Crippen LogP contribution in [0.15, 0.2) is 69.4 Å². The molecule has 0 saturated heterocycles. The van der Waals surface area contributed by atoms with Gasteiger partial charge in [0.05, 0.1) is 17.2 Å². The van der Waals surface area contributed by atoms with Gasteiger partial charge in [0.25, 0.3) is 5.91 Å². The molecule has 6 heteroatoms. The first-order valence-corrected chi connectivity index (χ1v) is 6.49. The van der Waals surface area contributed by atoms with Crippen molar-refractivity contribution in [2.45, 2.75) is 0 Å². The number of amides is 1. The number of carbonyl (C=O) groups excluding carboxylic acids is 1. The molecule has 0 saturated carbocycles. The number of aromatic nitrogens is 1. The van der Waals surface area contributed by atoms with Crippen LogP contribution < -0.4 is 10.9 Å². The first-order chi connectivity index (χ1) is 10.8.